The number of nitrogens with zero attached hydrogens (tertiary/aromatic N) is 4. The van der Waals surface area contributed by atoms with E-state index in [0.29, 0.717) is 29.8 Å². The highest BCUT2D eigenvalue weighted by atomic mass is 16.2. The Hall–Kier alpha value is -3.84. The molecule has 2 aliphatic heterocycles. The van der Waals surface area contributed by atoms with Crippen LogP contribution in [0.4, 0.5) is 0 Å². The Labute approximate surface area is 192 Å². The molecule has 33 heavy (non-hydrogen) atoms. The van der Waals surface area contributed by atoms with Gasteiger partial charge in [-0.1, -0.05) is 30.3 Å². The summed E-state index contributed by atoms with van der Waals surface area (Å²) in [6.45, 7) is 3.79. The summed E-state index contributed by atoms with van der Waals surface area (Å²) < 4.78 is 0. The van der Waals surface area contributed by atoms with E-state index < -0.39 is 0 Å². The summed E-state index contributed by atoms with van der Waals surface area (Å²) in [6, 6.07) is 20.0. The number of pyridine rings is 1. The fraction of sp³-hybridized carbons (Fsp3) is 0.231. The smallest absolute Gasteiger partial charge is 0.261 e. The average molecular weight is 441 g/mol. The fourth-order valence-electron chi connectivity index (χ4n) is 4.38. The van der Waals surface area contributed by atoms with E-state index in [1.807, 2.05) is 29.2 Å². The number of rotatable bonds is 5. The molecule has 166 valence electrons. The number of hydrogen-bond donors (Lipinski definition) is 0. The van der Waals surface area contributed by atoms with Gasteiger partial charge in [-0.3, -0.25) is 29.2 Å². The molecule has 1 fully saturated rings. The predicted octanol–water partition coefficient (Wildman–Crippen LogP) is 2.84. The SMILES string of the molecule is O=C(c1cccc(CN2C(=O)c3ccccc3C2=O)c1)N1CCN(Cc2ccccn2)CC1. The number of carbonyl (C=O) groups is 3. The molecule has 3 amide bonds. The standard InChI is InChI=1S/C26H24N4O3/c31-24(29-14-12-28(13-15-29)18-21-8-3-4-11-27-21)20-7-5-6-19(16-20)17-30-25(32)22-9-1-2-10-23(22)26(30)33/h1-11,16H,12-15,17-18H2. The van der Waals surface area contributed by atoms with Gasteiger partial charge < -0.3 is 4.90 Å². The maximum atomic E-state index is 13.1. The molecule has 0 N–H and O–H groups in total. The Balaban J connectivity index is 1.22. The number of carbonyl (C=O) groups excluding carboxylic acids is 3. The highest BCUT2D eigenvalue weighted by molar-refractivity contribution is 6.21. The number of fused-ring (bicyclic) bond motifs is 1. The van der Waals surface area contributed by atoms with Crippen LogP contribution in [0.1, 0.15) is 42.3 Å². The minimum Gasteiger partial charge on any atom is -0.336 e. The van der Waals surface area contributed by atoms with Crippen LogP contribution < -0.4 is 0 Å². The van der Waals surface area contributed by atoms with Crippen molar-refractivity contribution in [2.75, 3.05) is 26.2 Å². The Morgan fingerprint density at radius 3 is 2.15 bits per heavy atom. The minimum absolute atomic E-state index is 0.0308. The molecule has 7 heteroatoms. The van der Waals surface area contributed by atoms with Crippen LogP contribution in [0.25, 0.3) is 0 Å². The van der Waals surface area contributed by atoms with E-state index in [9.17, 15) is 14.4 Å². The lowest BCUT2D eigenvalue weighted by Gasteiger charge is -2.34. The van der Waals surface area contributed by atoms with Gasteiger partial charge in [-0.15, -0.1) is 0 Å². The van der Waals surface area contributed by atoms with Crippen molar-refractivity contribution in [3.05, 3.63) is 101 Å². The van der Waals surface area contributed by atoms with Gasteiger partial charge in [0.1, 0.15) is 0 Å². The largest absolute Gasteiger partial charge is 0.336 e. The van der Waals surface area contributed by atoms with Gasteiger partial charge in [0.15, 0.2) is 0 Å². The van der Waals surface area contributed by atoms with Crippen LogP contribution in [-0.4, -0.2) is 63.6 Å². The van der Waals surface area contributed by atoms with Crippen LogP contribution in [0.15, 0.2) is 72.9 Å². The minimum atomic E-state index is -0.295. The highest BCUT2D eigenvalue weighted by Crippen LogP contribution is 2.24. The molecule has 3 aromatic rings. The van der Waals surface area contributed by atoms with Gasteiger partial charge in [-0.2, -0.15) is 0 Å². The summed E-state index contributed by atoms with van der Waals surface area (Å²) in [5.74, 6) is -0.621. The van der Waals surface area contributed by atoms with Crippen LogP contribution in [0.3, 0.4) is 0 Å². The summed E-state index contributed by atoms with van der Waals surface area (Å²) in [4.78, 5) is 48.2. The summed E-state index contributed by atoms with van der Waals surface area (Å²) in [5, 5.41) is 0. The quantitative estimate of drug-likeness (QED) is 0.571. The van der Waals surface area contributed by atoms with Crippen LogP contribution in [0, 0.1) is 0 Å². The predicted molar refractivity (Wildman–Crippen MR) is 123 cm³/mol. The fourth-order valence-corrected chi connectivity index (χ4v) is 4.38. The van der Waals surface area contributed by atoms with Crippen LogP contribution in [0.2, 0.25) is 0 Å². The third kappa shape index (κ3) is 4.27. The first-order valence-electron chi connectivity index (χ1n) is 11.1. The van der Waals surface area contributed by atoms with Gasteiger partial charge in [0.05, 0.1) is 23.4 Å². The third-order valence-corrected chi connectivity index (χ3v) is 6.16. The van der Waals surface area contributed by atoms with Gasteiger partial charge in [0.25, 0.3) is 17.7 Å². The monoisotopic (exact) mass is 440 g/mol. The summed E-state index contributed by atoms with van der Waals surface area (Å²) in [7, 11) is 0. The second-order valence-corrected chi connectivity index (χ2v) is 8.33. The van der Waals surface area contributed by atoms with E-state index in [1.165, 1.54) is 4.90 Å². The lowest BCUT2D eigenvalue weighted by molar-refractivity contribution is 0.0625. The topological polar surface area (TPSA) is 73.8 Å². The highest BCUT2D eigenvalue weighted by Gasteiger charge is 2.35. The molecule has 5 rings (SSSR count). The van der Waals surface area contributed by atoms with E-state index in [2.05, 4.69) is 9.88 Å². The Morgan fingerprint density at radius 1 is 0.788 bits per heavy atom. The van der Waals surface area contributed by atoms with E-state index in [1.54, 1.807) is 48.7 Å². The van der Waals surface area contributed by atoms with Crippen LogP contribution >= 0.6 is 0 Å². The number of imide groups is 1. The van der Waals surface area contributed by atoms with Gasteiger partial charge in [-0.05, 0) is 42.0 Å². The number of hydrogen-bond acceptors (Lipinski definition) is 5. The maximum Gasteiger partial charge on any atom is 0.261 e. The average Bonchev–Trinajstić information content (AvgIpc) is 3.10. The van der Waals surface area contributed by atoms with Gasteiger partial charge >= 0.3 is 0 Å². The van der Waals surface area contributed by atoms with Crippen molar-refractivity contribution in [3.63, 3.8) is 0 Å². The van der Waals surface area contributed by atoms with E-state index >= 15 is 0 Å². The summed E-state index contributed by atoms with van der Waals surface area (Å²) in [6.07, 6.45) is 1.80. The molecule has 0 unspecified atom stereocenters. The molecule has 0 spiro atoms. The van der Waals surface area contributed by atoms with Crippen LogP contribution in [0.5, 0.6) is 0 Å². The van der Waals surface area contributed by atoms with Crippen molar-refractivity contribution < 1.29 is 14.4 Å². The van der Waals surface area contributed by atoms with Gasteiger partial charge in [0.2, 0.25) is 0 Å². The molecule has 2 aromatic carbocycles. The van der Waals surface area contributed by atoms with Gasteiger partial charge in [0, 0.05) is 44.5 Å². The molecule has 2 aliphatic rings. The zero-order valence-corrected chi connectivity index (χ0v) is 18.2. The lowest BCUT2D eigenvalue weighted by atomic mass is 10.1. The molecule has 7 nitrogen and oxygen atoms in total. The van der Waals surface area contributed by atoms with Gasteiger partial charge in [-0.25, -0.2) is 0 Å². The van der Waals surface area contributed by atoms with Crippen molar-refractivity contribution in [1.82, 2.24) is 19.7 Å². The zero-order chi connectivity index (χ0) is 22.8. The van der Waals surface area contributed by atoms with E-state index in [-0.39, 0.29) is 24.3 Å². The molecular weight excluding hydrogens is 416 g/mol. The first-order valence-corrected chi connectivity index (χ1v) is 11.1. The number of aromatic nitrogens is 1. The Bertz CT molecular complexity index is 1170. The number of piperazine rings is 1. The molecule has 0 bridgehead atoms. The van der Waals surface area contributed by atoms with Crippen molar-refractivity contribution >= 4 is 17.7 Å². The van der Waals surface area contributed by atoms with E-state index in [0.717, 1.165) is 30.9 Å². The number of benzene rings is 2. The molecular formula is C26H24N4O3. The summed E-state index contributed by atoms with van der Waals surface area (Å²) >= 11 is 0. The molecule has 0 aliphatic carbocycles. The lowest BCUT2D eigenvalue weighted by Crippen LogP contribution is -2.48. The van der Waals surface area contributed by atoms with Crippen molar-refractivity contribution in [1.29, 1.82) is 0 Å². The maximum absolute atomic E-state index is 13.1. The first-order chi connectivity index (χ1) is 16.1. The number of amides is 3. The zero-order valence-electron chi connectivity index (χ0n) is 18.2. The Morgan fingerprint density at radius 2 is 1.48 bits per heavy atom. The molecule has 0 saturated carbocycles. The Kier molecular flexibility index (Phi) is 5.71. The first kappa shape index (κ1) is 21.0. The molecule has 1 saturated heterocycles. The third-order valence-electron chi connectivity index (χ3n) is 6.16. The molecule has 3 heterocycles. The van der Waals surface area contributed by atoms with E-state index in [4.69, 9.17) is 0 Å². The molecule has 0 atom stereocenters. The summed E-state index contributed by atoms with van der Waals surface area (Å²) in [5.41, 5.74) is 3.21. The van der Waals surface area contributed by atoms with Crippen molar-refractivity contribution in [2.24, 2.45) is 0 Å². The van der Waals surface area contributed by atoms with Crippen molar-refractivity contribution in [3.8, 4) is 0 Å². The second-order valence-electron chi connectivity index (χ2n) is 8.33. The normalized spacial score (nSPS) is 16.2. The molecule has 1 aromatic heterocycles. The van der Waals surface area contributed by atoms with Crippen molar-refractivity contribution in [2.45, 2.75) is 13.1 Å². The van der Waals surface area contributed by atoms with Crippen LogP contribution in [-0.2, 0) is 13.1 Å². The molecule has 0 radical (unpaired) electrons. The second kappa shape index (κ2) is 8.96.